The minimum atomic E-state index is -4.29. The van der Waals surface area contributed by atoms with Crippen LogP contribution in [0.15, 0.2) is 24.3 Å². The number of piperazine rings is 1. The van der Waals surface area contributed by atoms with Gasteiger partial charge in [0.05, 0.1) is 5.56 Å². The maximum Gasteiger partial charge on any atom is 0.416 e. The Balaban J connectivity index is 1.79. The van der Waals surface area contributed by atoms with E-state index in [-0.39, 0.29) is 5.91 Å². The summed E-state index contributed by atoms with van der Waals surface area (Å²) in [5, 5.41) is 0. The van der Waals surface area contributed by atoms with Crippen LogP contribution in [0.5, 0.6) is 0 Å². The molecule has 3 nitrogen and oxygen atoms in total. The van der Waals surface area contributed by atoms with Crippen LogP contribution in [0.3, 0.4) is 0 Å². The molecule has 1 aliphatic heterocycles. The molecule has 2 rings (SSSR count). The lowest BCUT2D eigenvalue weighted by atomic mass is 10.0. The Hall–Kier alpha value is -1.56. The van der Waals surface area contributed by atoms with Crippen molar-refractivity contribution in [3.05, 3.63) is 35.4 Å². The van der Waals surface area contributed by atoms with Crippen LogP contribution in [0.1, 0.15) is 44.2 Å². The summed E-state index contributed by atoms with van der Waals surface area (Å²) in [4.78, 5) is 16.4. The maximum absolute atomic E-state index is 12.6. The monoisotopic (exact) mass is 356 g/mol. The van der Waals surface area contributed by atoms with Gasteiger partial charge in [0, 0.05) is 39.1 Å². The number of carbonyl (C=O) groups excluding carboxylic acids is 1. The molecule has 1 aromatic carbocycles. The molecule has 1 atom stereocenters. The number of rotatable bonds is 6. The van der Waals surface area contributed by atoms with Gasteiger partial charge in [-0.2, -0.15) is 13.2 Å². The Kier molecular flexibility index (Phi) is 6.87. The van der Waals surface area contributed by atoms with E-state index in [0.29, 0.717) is 32.0 Å². The largest absolute Gasteiger partial charge is 0.416 e. The third-order valence-corrected chi connectivity index (χ3v) is 4.72. The van der Waals surface area contributed by atoms with Crippen molar-refractivity contribution in [2.45, 2.75) is 45.8 Å². The molecule has 25 heavy (non-hydrogen) atoms. The van der Waals surface area contributed by atoms with Crippen LogP contribution in [-0.4, -0.2) is 41.9 Å². The second-order valence-corrected chi connectivity index (χ2v) is 6.95. The van der Waals surface area contributed by atoms with Crippen LogP contribution in [0.4, 0.5) is 13.2 Å². The Morgan fingerprint density at radius 3 is 2.24 bits per heavy atom. The van der Waals surface area contributed by atoms with Crippen LogP contribution in [0.2, 0.25) is 0 Å². The van der Waals surface area contributed by atoms with Crippen molar-refractivity contribution in [2.24, 2.45) is 5.92 Å². The number of amides is 1. The molecule has 0 N–H and O–H groups in total. The van der Waals surface area contributed by atoms with Crippen LogP contribution < -0.4 is 0 Å². The number of carbonyl (C=O) groups is 1. The maximum atomic E-state index is 12.6. The Morgan fingerprint density at radius 2 is 1.72 bits per heavy atom. The molecule has 0 spiro atoms. The normalized spacial score (nSPS) is 17.6. The Morgan fingerprint density at radius 1 is 1.12 bits per heavy atom. The van der Waals surface area contributed by atoms with Crippen LogP contribution >= 0.6 is 0 Å². The minimum Gasteiger partial charge on any atom is -0.340 e. The van der Waals surface area contributed by atoms with E-state index in [4.69, 9.17) is 0 Å². The smallest absolute Gasteiger partial charge is 0.340 e. The molecule has 0 aromatic heterocycles. The lowest BCUT2D eigenvalue weighted by molar-refractivity contribution is -0.137. The third-order valence-electron chi connectivity index (χ3n) is 4.72. The number of hydrogen-bond donors (Lipinski definition) is 0. The predicted octanol–water partition coefficient (Wildman–Crippen LogP) is 4.18. The first-order chi connectivity index (χ1) is 11.8. The van der Waals surface area contributed by atoms with E-state index in [1.807, 2.05) is 4.90 Å². The molecule has 1 saturated heterocycles. The highest BCUT2D eigenvalue weighted by atomic mass is 19.4. The predicted molar refractivity (Wildman–Crippen MR) is 92.0 cm³/mol. The number of alkyl halides is 3. The number of halogens is 3. The number of benzene rings is 1. The zero-order chi connectivity index (χ0) is 18.4. The van der Waals surface area contributed by atoms with Crippen molar-refractivity contribution in [3.8, 4) is 0 Å². The molecule has 1 heterocycles. The van der Waals surface area contributed by atoms with Gasteiger partial charge >= 0.3 is 6.18 Å². The van der Waals surface area contributed by atoms with E-state index in [1.165, 1.54) is 12.1 Å². The highest BCUT2D eigenvalue weighted by Crippen LogP contribution is 2.29. The minimum absolute atomic E-state index is 0.218. The molecule has 1 fully saturated rings. The summed E-state index contributed by atoms with van der Waals surface area (Å²) >= 11 is 0. The summed E-state index contributed by atoms with van der Waals surface area (Å²) in [6.07, 6.45) is -1.53. The SMILES string of the molecule is CCCC(C)CC(=O)N1CCN(Cc2ccc(C(F)(F)F)cc2)CC1. The second kappa shape index (κ2) is 8.70. The van der Waals surface area contributed by atoms with Gasteiger partial charge in [0.25, 0.3) is 0 Å². The Bertz CT molecular complexity index is 549. The quantitative estimate of drug-likeness (QED) is 0.764. The fourth-order valence-electron chi connectivity index (χ4n) is 3.23. The van der Waals surface area contributed by atoms with E-state index in [2.05, 4.69) is 18.7 Å². The first kappa shape index (κ1) is 19.8. The highest BCUT2D eigenvalue weighted by molar-refractivity contribution is 5.76. The summed E-state index contributed by atoms with van der Waals surface area (Å²) in [6, 6.07) is 5.33. The lowest BCUT2D eigenvalue weighted by Gasteiger charge is -2.35. The van der Waals surface area contributed by atoms with Gasteiger partial charge in [-0.1, -0.05) is 38.8 Å². The second-order valence-electron chi connectivity index (χ2n) is 6.95. The molecule has 1 amide bonds. The zero-order valence-electron chi connectivity index (χ0n) is 15.0. The van der Waals surface area contributed by atoms with Gasteiger partial charge in [-0.05, 0) is 23.6 Å². The molecule has 140 valence electrons. The van der Waals surface area contributed by atoms with Gasteiger partial charge in [0.15, 0.2) is 0 Å². The molecule has 1 unspecified atom stereocenters. The molecule has 6 heteroatoms. The molecule has 0 aliphatic carbocycles. The van der Waals surface area contributed by atoms with Gasteiger partial charge in [-0.15, -0.1) is 0 Å². The molecular weight excluding hydrogens is 329 g/mol. The summed E-state index contributed by atoms with van der Waals surface area (Å²) in [5.41, 5.74) is 0.247. The molecular formula is C19H27F3N2O. The van der Waals surface area contributed by atoms with E-state index in [1.54, 1.807) is 0 Å². The molecule has 0 radical (unpaired) electrons. The van der Waals surface area contributed by atoms with Gasteiger partial charge in [0.2, 0.25) is 5.91 Å². The van der Waals surface area contributed by atoms with Gasteiger partial charge in [-0.25, -0.2) is 0 Å². The van der Waals surface area contributed by atoms with E-state index >= 15 is 0 Å². The fourth-order valence-corrected chi connectivity index (χ4v) is 3.23. The van der Waals surface area contributed by atoms with Crippen molar-refractivity contribution in [3.63, 3.8) is 0 Å². The van der Waals surface area contributed by atoms with Gasteiger partial charge in [0.1, 0.15) is 0 Å². The van der Waals surface area contributed by atoms with Crippen LogP contribution in [0.25, 0.3) is 0 Å². The number of nitrogens with zero attached hydrogens (tertiary/aromatic N) is 2. The summed E-state index contributed by atoms with van der Waals surface area (Å²) in [7, 11) is 0. The van der Waals surface area contributed by atoms with E-state index in [9.17, 15) is 18.0 Å². The van der Waals surface area contributed by atoms with Crippen molar-refractivity contribution in [2.75, 3.05) is 26.2 Å². The van der Waals surface area contributed by atoms with E-state index < -0.39 is 11.7 Å². The average molecular weight is 356 g/mol. The molecule has 0 saturated carbocycles. The lowest BCUT2D eigenvalue weighted by Crippen LogP contribution is -2.48. The van der Waals surface area contributed by atoms with Gasteiger partial charge < -0.3 is 4.90 Å². The summed E-state index contributed by atoms with van der Waals surface area (Å²) < 4.78 is 37.8. The highest BCUT2D eigenvalue weighted by Gasteiger charge is 2.30. The molecule has 1 aromatic rings. The third kappa shape index (κ3) is 6.03. The zero-order valence-corrected chi connectivity index (χ0v) is 15.0. The Labute approximate surface area is 147 Å². The fraction of sp³-hybridized carbons (Fsp3) is 0.632. The summed E-state index contributed by atoms with van der Waals surface area (Å²) in [5.74, 6) is 0.637. The average Bonchev–Trinajstić information content (AvgIpc) is 2.55. The van der Waals surface area contributed by atoms with E-state index in [0.717, 1.165) is 43.6 Å². The van der Waals surface area contributed by atoms with Crippen molar-refractivity contribution >= 4 is 5.91 Å². The van der Waals surface area contributed by atoms with Crippen molar-refractivity contribution in [1.82, 2.24) is 9.80 Å². The first-order valence-electron chi connectivity index (χ1n) is 8.96. The summed E-state index contributed by atoms with van der Waals surface area (Å²) in [6.45, 7) is 7.76. The van der Waals surface area contributed by atoms with Crippen molar-refractivity contribution in [1.29, 1.82) is 0 Å². The standard InChI is InChI=1S/C19H27F3N2O/c1-3-4-15(2)13-18(25)24-11-9-23(10-12-24)14-16-5-7-17(8-6-16)19(20,21)22/h5-8,15H,3-4,9-14H2,1-2H3. The van der Waals surface area contributed by atoms with Gasteiger partial charge in [-0.3, -0.25) is 9.69 Å². The topological polar surface area (TPSA) is 23.6 Å². The molecule has 1 aliphatic rings. The molecule has 0 bridgehead atoms. The van der Waals surface area contributed by atoms with Crippen LogP contribution in [0, 0.1) is 5.92 Å². The van der Waals surface area contributed by atoms with Crippen molar-refractivity contribution < 1.29 is 18.0 Å². The first-order valence-corrected chi connectivity index (χ1v) is 8.96. The van der Waals surface area contributed by atoms with Crippen LogP contribution in [-0.2, 0) is 17.5 Å². The number of hydrogen-bond acceptors (Lipinski definition) is 2.